The minimum absolute atomic E-state index is 0.0185. The molecule has 40 heavy (non-hydrogen) atoms. The molecule has 0 fully saturated rings. The van der Waals surface area contributed by atoms with Gasteiger partial charge in [-0.1, -0.05) is 42.5 Å². The Hall–Kier alpha value is -4.75. The summed E-state index contributed by atoms with van der Waals surface area (Å²) in [6, 6.07) is 14.6. The summed E-state index contributed by atoms with van der Waals surface area (Å²) in [4.78, 5) is 43.6. The molecule has 1 aliphatic rings. The van der Waals surface area contributed by atoms with Crippen LogP contribution in [0.4, 0.5) is 11.6 Å². The SMILES string of the molecule is NS(=O)(=O)c1c(C(Cc2ccc3c(c2)NC(=O)[C@@H](CCC(=O)Nc2ncc[nH]2)O3)C(=O)O)ccc2ccccc12. The molecule has 0 saturated heterocycles. The maximum absolute atomic E-state index is 12.7. The lowest BCUT2D eigenvalue weighted by Gasteiger charge is -2.26. The van der Waals surface area contributed by atoms with E-state index in [1.54, 1.807) is 54.7 Å². The number of carbonyl (C=O) groups is 3. The van der Waals surface area contributed by atoms with Gasteiger partial charge in [0.25, 0.3) is 5.91 Å². The Kier molecular flexibility index (Phi) is 7.24. The molecule has 1 aliphatic heterocycles. The fourth-order valence-corrected chi connectivity index (χ4v) is 5.75. The van der Waals surface area contributed by atoms with Crippen molar-refractivity contribution in [1.29, 1.82) is 0 Å². The summed E-state index contributed by atoms with van der Waals surface area (Å²) in [6.45, 7) is 0. The Balaban J connectivity index is 1.35. The Morgan fingerprint density at radius 3 is 2.67 bits per heavy atom. The highest BCUT2D eigenvalue weighted by molar-refractivity contribution is 7.89. The standard InChI is InChI=1S/C27H25N5O7S/c28-40(37,38)24-17-4-2-1-3-16(17)6-7-18(24)19(26(35)36)13-15-5-8-21-20(14-15)31-25(34)22(39-21)9-10-23(33)32-27-29-11-12-30-27/h1-8,11-12,14,19,22H,9-10,13H2,(H,31,34)(H,35,36)(H2,28,37,38)(H2,29,30,32,33)/t19?,22-/m1/s1. The monoisotopic (exact) mass is 563 g/mol. The Labute approximate surface area is 228 Å². The van der Waals surface area contributed by atoms with Gasteiger partial charge in [0.05, 0.1) is 16.5 Å². The van der Waals surface area contributed by atoms with Crippen molar-refractivity contribution < 1.29 is 32.6 Å². The van der Waals surface area contributed by atoms with Crippen molar-refractivity contribution in [2.45, 2.75) is 36.2 Å². The predicted molar refractivity (Wildman–Crippen MR) is 145 cm³/mol. The highest BCUT2D eigenvalue weighted by Crippen LogP contribution is 2.36. The fraction of sp³-hybridized carbons (Fsp3) is 0.185. The second-order valence-corrected chi connectivity index (χ2v) is 10.8. The van der Waals surface area contributed by atoms with Crippen LogP contribution in [-0.2, 0) is 30.8 Å². The van der Waals surface area contributed by atoms with E-state index in [2.05, 4.69) is 20.6 Å². The molecule has 0 bridgehead atoms. The minimum atomic E-state index is -4.26. The number of benzene rings is 3. The summed E-state index contributed by atoms with van der Waals surface area (Å²) < 4.78 is 30.9. The zero-order valence-electron chi connectivity index (χ0n) is 21.0. The second kappa shape index (κ2) is 10.8. The number of ether oxygens (including phenoxy) is 1. The molecule has 2 heterocycles. The normalized spacial score (nSPS) is 15.5. The van der Waals surface area contributed by atoms with E-state index in [0.717, 1.165) is 0 Å². The summed E-state index contributed by atoms with van der Waals surface area (Å²) in [5.41, 5.74) is 0.938. The maximum Gasteiger partial charge on any atom is 0.311 e. The first-order chi connectivity index (χ1) is 19.1. The number of nitrogens with two attached hydrogens (primary N) is 1. The van der Waals surface area contributed by atoms with Gasteiger partial charge in [-0.3, -0.25) is 19.7 Å². The van der Waals surface area contributed by atoms with E-state index in [1.165, 1.54) is 12.3 Å². The average molecular weight is 564 g/mol. The van der Waals surface area contributed by atoms with Crippen LogP contribution in [0.3, 0.4) is 0 Å². The van der Waals surface area contributed by atoms with Crippen molar-refractivity contribution in [2.24, 2.45) is 5.14 Å². The number of carboxylic acids is 1. The van der Waals surface area contributed by atoms with Crippen LogP contribution in [0.1, 0.15) is 29.9 Å². The third-order valence-electron chi connectivity index (χ3n) is 6.56. The number of hydrogen-bond acceptors (Lipinski definition) is 7. The molecule has 6 N–H and O–H groups in total. The molecule has 0 radical (unpaired) electrons. The molecule has 4 aromatic rings. The smallest absolute Gasteiger partial charge is 0.311 e. The van der Waals surface area contributed by atoms with Gasteiger partial charge in [-0.05, 0) is 35.1 Å². The molecule has 5 rings (SSSR count). The van der Waals surface area contributed by atoms with Gasteiger partial charge in [0, 0.05) is 30.6 Å². The largest absolute Gasteiger partial charge is 0.481 e. The number of fused-ring (bicyclic) bond motifs is 2. The third kappa shape index (κ3) is 5.65. The van der Waals surface area contributed by atoms with Crippen LogP contribution in [0, 0.1) is 0 Å². The molecule has 2 atom stereocenters. The number of imidazole rings is 1. The average Bonchev–Trinajstić information content (AvgIpc) is 3.42. The van der Waals surface area contributed by atoms with Crippen molar-refractivity contribution >= 4 is 50.2 Å². The number of rotatable bonds is 9. The number of anilines is 2. The third-order valence-corrected chi connectivity index (χ3v) is 7.59. The summed E-state index contributed by atoms with van der Waals surface area (Å²) in [5, 5.41) is 21.9. The molecule has 206 valence electrons. The lowest BCUT2D eigenvalue weighted by molar-refractivity contribution is -0.138. The van der Waals surface area contributed by atoms with E-state index in [9.17, 15) is 27.9 Å². The van der Waals surface area contributed by atoms with Crippen LogP contribution >= 0.6 is 0 Å². The predicted octanol–water partition coefficient (Wildman–Crippen LogP) is 2.74. The van der Waals surface area contributed by atoms with Gasteiger partial charge >= 0.3 is 5.97 Å². The molecule has 1 aromatic heterocycles. The number of nitrogens with zero attached hydrogens (tertiary/aromatic N) is 1. The minimum Gasteiger partial charge on any atom is -0.481 e. The van der Waals surface area contributed by atoms with Crippen molar-refractivity contribution in [3.05, 3.63) is 78.1 Å². The Morgan fingerprint density at radius 2 is 1.95 bits per heavy atom. The molecule has 3 aromatic carbocycles. The summed E-state index contributed by atoms with van der Waals surface area (Å²) in [7, 11) is -4.26. The van der Waals surface area contributed by atoms with Crippen molar-refractivity contribution in [1.82, 2.24) is 9.97 Å². The number of nitrogens with one attached hydrogen (secondary N) is 3. The molecule has 12 nitrogen and oxygen atoms in total. The number of aromatic amines is 1. The van der Waals surface area contributed by atoms with Crippen molar-refractivity contribution in [2.75, 3.05) is 10.6 Å². The van der Waals surface area contributed by atoms with Gasteiger partial charge in [-0.25, -0.2) is 18.5 Å². The van der Waals surface area contributed by atoms with Gasteiger partial charge < -0.3 is 20.1 Å². The molecule has 1 unspecified atom stereocenters. The number of H-pyrrole nitrogens is 1. The number of amides is 2. The molecular weight excluding hydrogens is 538 g/mol. The van der Waals surface area contributed by atoms with E-state index in [-0.39, 0.29) is 35.6 Å². The van der Waals surface area contributed by atoms with E-state index >= 15 is 0 Å². The van der Waals surface area contributed by atoms with Gasteiger partial charge in [-0.2, -0.15) is 0 Å². The van der Waals surface area contributed by atoms with E-state index < -0.39 is 33.9 Å². The number of aliphatic carboxylic acids is 1. The molecule has 2 amide bonds. The van der Waals surface area contributed by atoms with Crippen LogP contribution in [0.15, 0.2) is 71.9 Å². The van der Waals surface area contributed by atoms with E-state index in [1.807, 2.05) is 0 Å². The van der Waals surface area contributed by atoms with Crippen LogP contribution < -0.4 is 20.5 Å². The molecule has 0 spiro atoms. The zero-order chi connectivity index (χ0) is 28.4. The number of primary sulfonamides is 1. The molecule has 13 heteroatoms. The van der Waals surface area contributed by atoms with Gasteiger partial charge in [0.2, 0.25) is 21.9 Å². The van der Waals surface area contributed by atoms with Crippen molar-refractivity contribution in [3.8, 4) is 5.75 Å². The number of hydrogen-bond donors (Lipinski definition) is 5. The van der Waals surface area contributed by atoms with Crippen LogP contribution in [0.25, 0.3) is 10.8 Å². The fourth-order valence-electron chi connectivity index (χ4n) is 4.72. The summed E-state index contributed by atoms with van der Waals surface area (Å²) in [6.07, 6.45) is 2.23. The molecular formula is C27H25N5O7S. The lowest BCUT2D eigenvalue weighted by atomic mass is 9.90. The lowest BCUT2D eigenvalue weighted by Crippen LogP contribution is -2.37. The number of sulfonamides is 1. The quantitative estimate of drug-likeness (QED) is 0.205. The summed E-state index contributed by atoms with van der Waals surface area (Å²) >= 11 is 0. The van der Waals surface area contributed by atoms with Gasteiger partial charge in [0.1, 0.15) is 5.75 Å². The number of carbonyl (C=O) groups excluding carboxylic acids is 2. The maximum atomic E-state index is 12.7. The molecule has 0 aliphatic carbocycles. The first-order valence-corrected chi connectivity index (χ1v) is 13.8. The zero-order valence-corrected chi connectivity index (χ0v) is 21.8. The van der Waals surface area contributed by atoms with E-state index in [4.69, 9.17) is 9.88 Å². The molecule has 0 saturated carbocycles. The Morgan fingerprint density at radius 1 is 1.15 bits per heavy atom. The summed E-state index contributed by atoms with van der Waals surface area (Å²) in [5.74, 6) is -2.59. The first-order valence-electron chi connectivity index (χ1n) is 12.3. The van der Waals surface area contributed by atoms with Crippen LogP contribution in [0.2, 0.25) is 0 Å². The highest BCUT2D eigenvalue weighted by atomic mass is 32.2. The first kappa shape index (κ1) is 26.8. The highest BCUT2D eigenvalue weighted by Gasteiger charge is 2.31. The van der Waals surface area contributed by atoms with Gasteiger partial charge in [-0.15, -0.1) is 0 Å². The van der Waals surface area contributed by atoms with Crippen LogP contribution in [-0.4, -0.2) is 47.4 Å². The van der Waals surface area contributed by atoms with Gasteiger partial charge in [0.15, 0.2) is 6.10 Å². The number of carboxylic acid groups (broad SMARTS) is 1. The Bertz CT molecular complexity index is 1720. The van der Waals surface area contributed by atoms with Crippen LogP contribution in [0.5, 0.6) is 5.75 Å². The van der Waals surface area contributed by atoms with E-state index in [0.29, 0.717) is 33.7 Å². The topological polar surface area (TPSA) is 194 Å². The second-order valence-electron chi connectivity index (χ2n) is 9.30. The number of aromatic nitrogens is 2. The van der Waals surface area contributed by atoms with Crippen molar-refractivity contribution in [3.63, 3.8) is 0 Å².